The second-order valence-electron chi connectivity index (χ2n) is 29.0. The second kappa shape index (κ2) is 40.5. The number of carbonyl (C=O) groups excluding carboxylic acids is 8. The predicted octanol–water partition coefficient (Wildman–Crippen LogP) is 7.60. The van der Waals surface area contributed by atoms with Gasteiger partial charge in [-0.25, -0.2) is 19.9 Å². The molecule has 8 amide bonds. The van der Waals surface area contributed by atoms with Crippen molar-refractivity contribution in [3.05, 3.63) is 217 Å². The fourth-order valence-electron chi connectivity index (χ4n) is 13.3. The molecule has 0 saturated heterocycles. The van der Waals surface area contributed by atoms with Crippen molar-refractivity contribution < 1.29 is 48.6 Å². The molecule has 16 heterocycles. The van der Waals surface area contributed by atoms with Gasteiger partial charge in [0.1, 0.15) is 22.8 Å². The van der Waals surface area contributed by atoms with Gasteiger partial charge in [0.2, 0.25) is 0 Å². The maximum atomic E-state index is 12.8. The molecular formula is C83H94N28O10. The van der Waals surface area contributed by atoms with Crippen LogP contribution in [0.25, 0.3) is 45.0 Å². The summed E-state index contributed by atoms with van der Waals surface area (Å²) >= 11 is 0. The predicted molar refractivity (Wildman–Crippen MR) is 446 cm³/mol. The average molecular weight is 1640 g/mol. The number of nitrogens with zero attached hydrogens (tertiary/aromatic N) is 20. The van der Waals surface area contributed by atoms with Crippen LogP contribution in [0, 0.1) is 0 Å². The number of nitrogens with one attached hydrogen (secondary N) is 8. The van der Waals surface area contributed by atoms with E-state index in [0.717, 1.165) is 99.6 Å². The van der Waals surface area contributed by atoms with Gasteiger partial charge in [0.15, 0.2) is 22.8 Å². The molecule has 4 aliphatic heterocycles. The Bertz CT molecular complexity index is 5730. The van der Waals surface area contributed by atoms with Crippen molar-refractivity contribution >= 4 is 70.0 Å². The number of anilines is 4. The monoisotopic (exact) mass is 1640 g/mol. The van der Waals surface area contributed by atoms with Gasteiger partial charge in [-0.3, -0.25) is 75.8 Å². The fourth-order valence-corrected chi connectivity index (χ4v) is 13.3. The third kappa shape index (κ3) is 23.0. The van der Waals surface area contributed by atoms with Crippen LogP contribution in [0.1, 0.15) is 167 Å². The van der Waals surface area contributed by atoms with Gasteiger partial charge < -0.3 is 52.7 Å². The van der Waals surface area contributed by atoms with E-state index in [0.29, 0.717) is 85.4 Å². The number of carbonyl (C=O) groups is 8. The van der Waals surface area contributed by atoms with Crippen LogP contribution in [0.5, 0.6) is 0 Å². The van der Waals surface area contributed by atoms with Gasteiger partial charge in [0, 0.05) is 146 Å². The molecule has 10 N–H and O–H groups in total. The second-order valence-corrected chi connectivity index (χ2v) is 29.0. The van der Waals surface area contributed by atoms with Crippen LogP contribution in [0.2, 0.25) is 0 Å². The number of amides is 8. The van der Waals surface area contributed by atoms with E-state index in [2.05, 4.69) is 121 Å². The lowest BCUT2D eigenvalue weighted by atomic mass is 10.1. The highest BCUT2D eigenvalue weighted by Gasteiger charge is 2.26. The molecule has 4 aliphatic rings. The first kappa shape index (κ1) is 84.4. The van der Waals surface area contributed by atoms with E-state index >= 15 is 0 Å². The number of hydrogen-bond acceptors (Lipinski definition) is 22. The Morgan fingerprint density at radius 3 is 1.05 bits per heavy atom. The number of aliphatic hydroxyl groups is 2. The molecule has 0 saturated carbocycles. The molecule has 626 valence electrons. The highest BCUT2D eigenvalue weighted by molar-refractivity contribution is 6.10. The van der Waals surface area contributed by atoms with Crippen LogP contribution in [-0.4, -0.2) is 194 Å². The van der Waals surface area contributed by atoms with Gasteiger partial charge in [-0.2, -0.15) is 40.8 Å². The van der Waals surface area contributed by atoms with Gasteiger partial charge >= 0.3 is 0 Å². The number of rotatable bonds is 0. The number of aliphatic hydroxyl groups excluding tert-OH is 2. The zero-order chi connectivity index (χ0) is 84.7. The fraction of sp³-hybridized carbons (Fsp3) is 0.325. The Kier molecular flexibility index (Phi) is 28.3. The molecule has 2 unspecified atom stereocenters. The smallest absolute Gasteiger partial charge is 0.274 e. The van der Waals surface area contributed by atoms with E-state index in [9.17, 15) is 48.6 Å². The minimum Gasteiger partial charge on any atom is -0.390 e. The van der Waals surface area contributed by atoms with Crippen LogP contribution in [0.3, 0.4) is 0 Å². The highest BCUT2D eigenvalue weighted by atomic mass is 16.3. The molecule has 38 nitrogen and oxygen atoms in total. The molecule has 12 aromatic rings. The normalized spacial score (nSPS) is 17.3. The van der Waals surface area contributed by atoms with E-state index in [1.54, 1.807) is 131 Å². The summed E-state index contributed by atoms with van der Waals surface area (Å²) in [6.07, 6.45) is 37.9. The van der Waals surface area contributed by atoms with Gasteiger partial charge in [-0.05, 0) is 113 Å². The summed E-state index contributed by atoms with van der Waals surface area (Å²) in [5.74, 6) is -3.13. The third-order valence-corrected chi connectivity index (χ3v) is 19.5. The summed E-state index contributed by atoms with van der Waals surface area (Å²) in [6.45, 7) is 4.57. The zero-order valence-electron chi connectivity index (χ0n) is 67.3. The molecule has 0 aromatic carbocycles. The van der Waals surface area contributed by atoms with E-state index in [-0.39, 0.29) is 81.9 Å². The number of allylic oxidation sites excluding steroid dienone is 3. The first-order valence-electron chi connectivity index (χ1n) is 39.9. The largest absolute Gasteiger partial charge is 0.390 e. The molecule has 0 spiro atoms. The van der Waals surface area contributed by atoms with E-state index < -0.39 is 41.7 Å². The Morgan fingerprint density at radius 2 is 0.620 bits per heavy atom. The number of pyridine rings is 4. The van der Waals surface area contributed by atoms with Crippen LogP contribution in [0.4, 0.5) is 22.7 Å². The van der Waals surface area contributed by atoms with Crippen molar-refractivity contribution in [2.24, 2.45) is 28.2 Å². The number of aromatic nitrogens is 20. The molecular weight excluding hydrogens is 1550 g/mol. The molecule has 2 atom stereocenters. The minimum absolute atomic E-state index is 0.0474. The summed E-state index contributed by atoms with van der Waals surface area (Å²) in [5.41, 5.74) is 8.68. The molecule has 0 aliphatic carbocycles. The van der Waals surface area contributed by atoms with Crippen LogP contribution < -0.4 is 42.5 Å². The zero-order valence-corrected chi connectivity index (χ0v) is 67.3. The summed E-state index contributed by atoms with van der Waals surface area (Å²) < 4.78 is 13.3. The van der Waals surface area contributed by atoms with Crippen molar-refractivity contribution in [3.8, 4) is 45.0 Å². The Hall–Kier alpha value is -14.6. The SMILES string of the molecule is Cn1cc2c(n1)C(=O)NCC/C=C/CCCn1cc(cn1)-c1cccc(n1)C(=O)N2.Cn1cc2c(n1)C(=O)NCCC(O)C(O)CCCn1cc(cn1)-c1cccc(n1)C(=O)N2.Cn1cc2c(n1)C(=O)NCCC/C=C\Cn1cc(cn1)-c1cccc(n1)C(=O)N2.Cn1cc2c(n1)C(=O)NCCCCCCCn1cc(cn1)-c1cccc(n1)C(=O)N2. The summed E-state index contributed by atoms with van der Waals surface area (Å²) in [5, 5.41) is 76.8. The molecule has 0 fully saturated rings. The van der Waals surface area contributed by atoms with E-state index in [1.165, 1.54) is 24.9 Å². The van der Waals surface area contributed by atoms with Crippen molar-refractivity contribution in [1.29, 1.82) is 0 Å². The van der Waals surface area contributed by atoms with Gasteiger partial charge in [-0.15, -0.1) is 0 Å². The molecule has 0 radical (unpaired) electrons. The van der Waals surface area contributed by atoms with Crippen molar-refractivity contribution in [1.82, 2.24) is 119 Å². The number of aryl methyl sites for hydroxylation is 7. The Labute approximate surface area is 694 Å². The lowest BCUT2D eigenvalue weighted by Crippen LogP contribution is -2.33. The lowest BCUT2D eigenvalue weighted by Gasteiger charge is -2.18. The van der Waals surface area contributed by atoms with Crippen LogP contribution in [-0.2, 0) is 54.4 Å². The quantitative estimate of drug-likeness (QED) is 0.0653. The maximum absolute atomic E-state index is 12.8. The van der Waals surface area contributed by atoms with Crippen LogP contribution in [0.15, 0.2) is 171 Å². The number of fused-ring (bicyclic) bond motifs is 24. The lowest BCUT2D eigenvalue weighted by molar-refractivity contribution is 0.00851. The Morgan fingerprint density at radius 1 is 0.306 bits per heavy atom. The third-order valence-electron chi connectivity index (χ3n) is 19.5. The van der Waals surface area contributed by atoms with Crippen molar-refractivity contribution in [2.75, 3.05) is 47.4 Å². The number of hydrogen-bond donors (Lipinski definition) is 10. The van der Waals surface area contributed by atoms with Gasteiger partial charge in [0.05, 0.1) is 89.1 Å². The van der Waals surface area contributed by atoms with E-state index in [4.69, 9.17) is 0 Å². The van der Waals surface area contributed by atoms with Gasteiger partial charge in [-0.1, -0.05) is 67.8 Å². The van der Waals surface area contributed by atoms with Crippen LogP contribution >= 0.6 is 0 Å². The average Bonchev–Trinajstić information content (AvgIpc) is 1.72. The van der Waals surface area contributed by atoms with Gasteiger partial charge in [0.25, 0.3) is 47.3 Å². The van der Waals surface area contributed by atoms with E-state index in [1.807, 2.05) is 63.1 Å². The first-order valence-corrected chi connectivity index (χ1v) is 39.9. The summed E-state index contributed by atoms with van der Waals surface area (Å²) in [4.78, 5) is 119. The Balaban J connectivity index is 0.000000139. The van der Waals surface area contributed by atoms with Crippen molar-refractivity contribution in [2.45, 2.75) is 122 Å². The topological polar surface area (TPSA) is 467 Å². The summed E-state index contributed by atoms with van der Waals surface area (Å²) in [7, 11) is 6.75. The highest BCUT2D eigenvalue weighted by Crippen LogP contribution is 2.26. The standard InChI is InChI=1S/C21H25N7O4.C21H25N7O2.C21H23N7O2.C20H21N7O2/c1-27-12-16-19(26-27)21(32)22-8-7-18(30)17(29)6-3-9-28-11-13(10-23-28)14-4-2-5-15(24-14)20(31)25-16;2*1-27-14-18-19(26-27)21(30)22-10-5-3-2-4-6-11-28-13-15(12-23-28)16-8-7-9-17(24-16)20(29)25-18;1-26-13-17-18(25-26)20(29)21-9-4-2-3-5-10-27-12-14(11-22-27)15-7-6-8-16(23-15)19(28)24-17/h2,4-5,10-12,17-18,29-30H,3,6-9H2,1H3,(H,22,32)(H,25,31);7-9,12-14H,2-6,10-11H2,1H3,(H,22,30)(H,25,29);2-3,7-9,12-14H,4-6,10-11H2,1H3,(H,22,30)(H,25,29);3,5-8,11-13H,2,4,9-10H2,1H3,(H,21,29)(H,24,28)/b;;3-2+;5-3-. The minimum atomic E-state index is -0.973. The molecule has 16 rings (SSSR count). The molecule has 121 heavy (non-hydrogen) atoms. The summed E-state index contributed by atoms with van der Waals surface area (Å²) in [6, 6.07) is 20.8. The molecule has 16 bridgehead atoms. The molecule has 12 aromatic heterocycles. The van der Waals surface area contributed by atoms with Crippen molar-refractivity contribution in [3.63, 3.8) is 0 Å². The molecule has 38 heteroatoms. The maximum Gasteiger partial charge on any atom is 0.274 e. The first-order chi connectivity index (χ1) is 58.7.